The number of hydrogen-bond acceptors (Lipinski definition) is 1. The van der Waals surface area contributed by atoms with Gasteiger partial charge in [-0.15, -0.1) is 0 Å². The second-order valence-corrected chi connectivity index (χ2v) is 5.36. The molecule has 0 fully saturated rings. The summed E-state index contributed by atoms with van der Waals surface area (Å²) in [6.07, 6.45) is 0. The summed E-state index contributed by atoms with van der Waals surface area (Å²) in [5.41, 5.74) is 0.701. The lowest BCUT2D eigenvalue weighted by atomic mass is 10.0. The first kappa shape index (κ1) is 13.5. The Morgan fingerprint density at radius 3 is 2.05 bits per heavy atom. The van der Waals surface area contributed by atoms with Gasteiger partial charge in [-0.05, 0) is 50.6 Å². The first-order valence-electron chi connectivity index (χ1n) is 6.10. The minimum atomic E-state index is -0.381. The van der Waals surface area contributed by atoms with Crippen molar-refractivity contribution in [1.29, 1.82) is 0 Å². The Morgan fingerprint density at radius 1 is 0.895 bits per heavy atom. The topological polar surface area (TPSA) is 9.23 Å². The minimum absolute atomic E-state index is 0.336. The van der Waals surface area contributed by atoms with E-state index in [1.807, 2.05) is 20.8 Å². The Bertz CT molecular complexity index is 568. The predicted octanol–water partition coefficient (Wildman–Crippen LogP) is 4.81. The smallest absolute Gasteiger partial charge is 0.134 e. The molecule has 0 saturated heterocycles. The largest absolute Gasteiger partial charge is 0.488 e. The summed E-state index contributed by atoms with van der Waals surface area (Å²) >= 11 is 0. The Kier molecular flexibility index (Phi) is 3.56. The third-order valence-electron chi connectivity index (χ3n) is 2.52. The van der Waals surface area contributed by atoms with E-state index in [-0.39, 0.29) is 17.2 Å². The van der Waals surface area contributed by atoms with E-state index in [4.69, 9.17) is 4.74 Å². The van der Waals surface area contributed by atoms with Gasteiger partial charge in [0.25, 0.3) is 0 Å². The fourth-order valence-electron chi connectivity index (χ4n) is 1.78. The molecule has 0 heterocycles. The van der Waals surface area contributed by atoms with Crippen LogP contribution in [0.5, 0.6) is 5.75 Å². The second kappa shape index (κ2) is 5.00. The Labute approximate surface area is 111 Å². The van der Waals surface area contributed by atoms with Crippen LogP contribution in [0.2, 0.25) is 0 Å². The molecule has 19 heavy (non-hydrogen) atoms. The molecular weight excluding hydrogens is 246 g/mol. The molecule has 0 aliphatic heterocycles. The highest BCUT2D eigenvalue weighted by Gasteiger charge is 2.13. The lowest BCUT2D eigenvalue weighted by molar-refractivity contribution is 0.130. The van der Waals surface area contributed by atoms with Crippen molar-refractivity contribution in [3.8, 4) is 16.9 Å². The lowest BCUT2D eigenvalue weighted by Gasteiger charge is -2.21. The molecule has 0 amide bonds. The summed E-state index contributed by atoms with van der Waals surface area (Å²) in [6, 6.07) is 10.4. The standard InChI is InChI=1S/C16H16F2O/c1-16(2,3)19-13-8-9-14(15(18)10-13)11-4-6-12(17)7-5-11/h4-10H,1-3H3. The highest BCUT2D eigenvalue weighted by atomic mass is 19.1. The number of halogens is 2. The molecule has 0 spiro atoms. The molecule has 0 aliphatic rings. The van der Waals surface area contributed by atoms with Crippen LogP contribution >= 0.6 is 0 Å². The number of benzene rings is 2. The SMILES string of the molecule is CC(C)(C)Oc1ccc(-c2ccc(F)cc2)c(F)c1. The Hall–Kier alpha value is -1.90. The van der Waals surface area contributed by atoms with Crippen molar-refractivity contribution < 1.29 is 13.5 Å². The average molecular weight is 262 g/mol. The van der Waals surface area contributed by atoms with Gasteiger partial charge in [0, 0.05) is 11.6 Å². The molecule has 1 nitrogen and oxygen atoms in total. The van der Waals surface area contributed by atoms with Crippen LogP contribution in [0.1, 0.15) is 20.8 Å². The van der Waals surface area contributed by atoms with E-state index in [0.29, 0.717) is 16.9 Å². The van der Waals surface area contributed by atoms with E-state index >= 15 is 0 Å². The molecule has 0 atom stereocenters. The fraction of sp³-hybridized carbons (Fsp3) is 0.250. The first-order chi connectivity index (χ1) is 8.85. The van der Waals surface area contributed by atoms with Gasteiger partial charge in [-0.1, -0.05) is 12.1 Å². The van der Waals surface area contributed by atoms with E-state index in [1.54, 1.807) is 24.3 Å². The third kappa shape index (κ3) is 3.53. The van der Waals surface area contributed by atoms with Crippen molar-refractivity contribution in [2.24, 2.45) is 0 Å². The molecule has 3 heteroatoms. The predicted molar refractivity (Wildman–Crippen MR) is 72.2 cm³/mol. The van der Waals surface area contributed by atoms with Crippen LogP contribution in [0.3, 0.4) is 0 Å². The maximum absolute atomic E-state index is 14.0. The molecule has 2 rings (SSSR count). The molecule has 0 aliphatic carbocycles. The molecule has 0 saturated carbocycles. The number of ether oxygens (including phenoxy) is 1. The van der Waals surface area contributed by atoms with Crippen LogP contribution < -0.4 is 4.74 Å². The van der Waals surface area contributed by atoms with E-state index < -0.39 is 0 Å². The lowest BCUT2D eigenvalue weighted by Crippen LogP contribution is -2.22. The van der Waals surface area contributed by atoms with Crippen molar-refractivity contribution in [2.45, 2.75) is 26.4 Å². The van der Waals surface area contributed by atoms with Crippen LogP contribution in [0, 0.1) is 11.6 Å². The normalized spacial score (nSPS) is 11.4. The van der Waals surface area contributed by atoms with Crippen molar-refractivity contribution in [2.75, 3.05) is 0 Å². The average Bonchev–Trinajstić information content (AvgIpc) is 2.29. The van der Waals surface area contributed by atoms with E-state index in [2.05, 4.69) is 0 Å². The van der Waals surface area contributed by atoms with Gasteiger partial charge in [0.05, 0.1) is 0 Å². The van der Waals surface area contributed by atoms with Crippen LogP contribution in [-0.2, 0) is 0 Å². The van der Waals surface area contributed by atoms with E-state index in [9.17, 15) is 8.78 Å². The van der Waals surface area contributed by atoms with Gasteiger partial charge in [0.15, 0.2) is 0 Å². The van der Waals surface area contributed by atoms with Gasteiger partial charge in [-0.2, -0.15) is 0 Å². The van der Waals surface area contributed by atoms with Crippen molar-refractivity contribution >= 4 is 0 Å². The van der Waals surface area contributed by atoms with Crippen molar-refractivity contribution in [3.05, 3.63) is 54.1 Å². The zero-order valence-corrected chi connectivity index (χ0v) is 11.2. The van der Waals surface area contributed by atoms with Crippen LogP contribution in [0.4, 0.5) is 8.78 Å². The highest BCUT2D eigenvalue weighted by molar-refractivity contribution is 5.64. The quantitative estimate of drug-likeness (QED) is 0.754. The monoisotopic (exact) mass is 262 g/mol. The van der Waals surface area contributed by atoms with Crippen molar-refractivity contribution in [3.63, 3.8) is 0 Å². The minimum Gasteiger partial charge on any atom is -0.488 e. The van der Waals surface area contributed by atoms with Gasteiger partial charge >= 0.3 is 0 Å². The summed E-state index contributed by atoms with van der Waals surface area (Å²) in [6.45, 7) is 5.70. The zero-order chi connectivity index (χ0) is 14.0. The number of hydrogen-bond donors (Lipinski definition) is 0. The molecular formula is C16H16F2O. The third-order valence-corrected chi connectivity index (χ3v) is 2.52. The molecule has 100 valence electrons. The Morgan fingerprint density at radius 2 is 1.53 bits per heavy atom. The van der Waals surface area contributed by atoms with Gasteiger partial charge < -0.3 is 4.74 Å². The van der Waals surface area contributed by atoms with E-state index in [0.717, 1.165) is 0 Å². The molecule has 0 radical (unpaired) electrons. The summed E-state index contributed by atoms with van der Waals surface area (Å²) in [4.78, 5) is 0. The van der Waals surface area contributed by atoms with Crippen LogP contribution in [0.25, 0.3) is 11.1 Å². The molecule has 2 aromatic carbocycles. The van der Waals surface area contributed by atoms with Crippen LogP contribution in [0.15, 0.2) is 42.5 Å². The molecule has 2 aromatic rings. The van der Waals surface area contributed by atoms with Gasteiger partial charge in [-0.25, -0.2) is 8.78 Å². The highest BCUT2D eigenvalue weighted by Crippen LogP contribution is 2.28. The molecule has 0 unspecified atom stereocenters. The summed E-state index contributed by atoms with van der Waals surface area (Å²) in [7, 11) is 0. The summed E-state index contributed by atoms with van der Waals surface area (Å²) < 4.78 is 32.5. The summed E-state index contributed by atoms with van der Waals surface area (Å²) in [5, 5.41) is 0. The zero-order valence-electron chi connectivity index (χ0n) is 11.2. The molecule has 0 aromatic heterocycles. The molecule has 0 bridgehead atoms. The van der Waals surface area contributed by atoms with E-state index in [1.165, 1.54) is 18.2 Å². The summed E-state index contributed by atoms with van der Waals surface area (Å²) in [5.74, 6) is -0.235. The maximum Gasteiger partial charge on any atom is 0.134 e. The van der Waals surface area contributed by atoms with Gasteiger partial charge in [0.2, 0.25) is 0 Å². The second-order valence-electron chi connectivity index (χ2n) is 5.36. The maximum atomic E-state index is 14.0. The van der Waals surface area contributed by atoms with Crippen LogP contribution in [-0.4, -0.2) is 5.60 Å². The fourth-order valence-corrected chi connectivity index (χ4v) is 1.78. The number of rotatable bonds is 2. The Balaban J connectivity index is 2.31. The van der Waals surface area contributed by atoms with Crippen molar-refractivity contribution in [1.82, 2.24) is 0 Å². The molecule has 0 N–H and O–H groups in total. The van der Waals surface area contributed by atoms with Gasteiger partial charge in [-0.3, -0.25) is 0 Å². The first-order valence-corrected chi connectivity index (χ1v) is 6.10. The van der Waals surface area contributed by atoms with Gasteiger partial charge in [0.1, 0.15) is 23.0 Å².